The third kappa shape index (κ3) is 3.46. The fourth-order valence-electron chi connectivity index (χ4n) is 2.47. The maximum absolute atomic E-state index is 11.2. The van der Waals surface area contributed by atoms with Gasteiger partial charge >= 0.3 is 6.09 Å². The molecule has 0 saturated heterocycles. The average molecular weight is 330 g/mol. The third-order valence-corrected chi connectivity index (χ3v) is 3.59. The van der Waals surface area contributed by atoms with Crippen LogP contribution < -0.4 is 10.5 Å². The minimum absolute atomic E-state index is 0.293. The Morgan fingerprint density at radius 3 is 2.48 bits per heavy atom. The monoisotopic (exact) mass is 330 g/mol. The van der Waals surface area contributed by atoms with Crippen LogP contribution in [0.3, 0.4) is 0 Å². The fourth-order valence-corrected chi connectivity index (χ4v) is 2.47. The van der Waals surface area contributed by atoms with Gasteiger partial charge in [-0.25, -0.2) is 14.8 Å². The molecule has 0 spiro atoms. The molecule has 1 amide bonds. The van der Waals surface area contributed by atoms with Gasteiger partial charge in [-0.1, -0.05) is 30.3 Å². The first kappa shape index (κ1) is 16.1. The van der Waals surface area contributed by atoms with Crippen LogP contribution in [0.25, 0.3) is 22.5 Å². The van der Waals surface area contributed by atoms with E-state index in [0.717, 1.165) is 16.7 Å². The molecule has 0 unspecified atom stereocenters. The number of rotatable bonds is 3. The summed E-state index contributed by atoms with van der Waals surface area (Å²) in [5.74, 6) is 0.293. The highest BCUT2D eigenvalue weighted by Crippen LogP contribution is 2.33. The Morgan fingerprint density at radius 2 is 1.88 bits per heavy atom. The van der Waals surface area contributed by atoms with Gasteiger partial charge in [-0.3, -0.25) is 0 Å². The predicted octanol–water partition coefficient (Wildman–Crippen LogP) is 3.45. The largest absolute Gasteiger partial charge is 0.410 e. The van der Waals surface area contributed by atoms with E-state index < -0.39 is 6.09 Å². The van der Waals surface area contributed by atoms with Crippen LogP contribution in [0, 0.1) is 18.3 Å². The van der Waals surface area contributed by atoms with Crippen molar-refractivity contribution in [2.75, 3.05) is 0 Å². The predicted molar refractivity (Wildman–Crippen MR) is 92.6 cm³/mol. The molecule has 0 radical (unpaired) electrons. The van der Waals surface area contributed by atoms with E-state index in [1.165, 1.54) is 0 Å². The number of aromatic nitrogens is 2. The van der Waals surface area contributed by atoms with Crippen molar-refractivity contribution < 1.29 is 9.53 Å². The molecule has 1 aromatic carbocycles. The third-order valence-electron chi connectivity index (χ3n) is 3.59. The summed E-state index contributed by atoms with van der Waals surface area (Å²) in [7, 11) is 0. The van der Waals surface area contributed by atoms with Crippen LogP contribution in [-0.4, -0.2) is 16.1 Å². The van der Waals surface area contributed by atoms with Gasteiger partial charge in [0.15, 0.2) is 5.75 Å². The molecule has 25 heavy (non-hydrogen) atoms. The lowest BCUT2D eigenvalue weighted by atomic mass is 10.0. The first-order chi connectivity index (χ1) is 12.1. The van der Waals surface area contributed by atoms with Gasteiger partial charge in [-0.2, -0.15) is 5.26 Å². The SMILES string of the molecule is Cc1cc(OC(N)=O)c(-c2ccccc2)nc1-c1ccc(C#N)nc1. The Morgan fingerprint density at radius 1 is 1.12 bits per heavy atom. The number of ether oxygens (including phenoxy) is 1. The van der Waals surface area contributed by atoms with E-state index in [-0.39, 0.29) is 0 Å². The Labute approximate surface area is 144 Å². The number of nitrogens with two attached hydrogens (primary N) is 1. The zero-order valence-electron chi connectivity index (χ0n) is 13.4. The molecule has 0 aliphatic rings. The quantitative estimate of drug-likeness (QED) is 0.792. The number of aryl methyl sites for hydroxylation is 1. The van der Waals surface area contributed by atoms with Crippen LogP contribution in [0.1, 0.15) is 11.3 Å². The number of nitrogens with zero attached hydrogens (tertiary/aromatic N) is 3. The highest BCUT2D eigenvalue weighted by molar-refractivity contribution is 5.77. The number of benzene rings is 1. The molecule has 2 N–H and O–H groups in total. The molecule has 0 aliphatic heterocycles. The number of amides is 1. The standard InChI is InChI=1S/C19H14N4O2/c1-12-9-16(25-19(21)24)18(13-5-3-2-4-6-13)23-17(12)14-7-8-15(10-20)22-11-14/h2-9,11H,1H3,(H2,21,24). The summed E-state index contributed by atoms with van der Waals surface area (Å²) in [4.78, 5) is 20.0. The number of nitriles is 1. The van der Waals surface area contributed by atoms with Crippen LogP contribution in [0.4, 0.5) is 4.79 Å². The van der Waals surface area contributed by atoms with Crippen molar-refractivity contribution in [3.05, 3.63) is 66.0 Å². The van der Waals surface area contributed by atoms with Crippen LogP contribution in [-0.2, 0) is 0 Å². The second kappa shape index (κ2) is 6.81. The molecular formula is C19H14N4O2. The normalized spacial score (nSPS) is 10.1. The second-order valence-corrected chi connectivity index (χ2v) is 5.33. The van der Waals surface area contributed by atoms with E-state index in [2.05, 4.69) is 9.97 Å². The first-order valence-corrected chi connectivity index (χ1v) is 7.49. The van der Waals surface area contributed by atoms with Crippen molar-refractivity contribution in [2.45, 2.75) is 6.92 Å². The molecule has 3 rings (SSSR count). The summed E-state index contributed by atoms with van der Waals surface area (Å²) in [6, 6.07) is 16.5. The zero-order valence-corrected chi connectivity index (χ0v) is 13.4. The Hall–Kier alpha value is -3.72. The van der Waals surface area contributed by atoms with Gasteiger partial charge in [0.1, 0.15) is 17.5 Å². The van der Waals surface area contributed by atoms with Crippen LogP contribution in [0.2, 0.25) is 0 Å². The van der Waals surface area contributed by atoms with Crippen LogP contribution in [0.5, 0.6) is 5.75 Å². The topological polar surface area (TPSA) is 102 Å². The maximum Gasteiger partial charge on any atom is 0.410 e. The average Bonchev–Trinajstić information content (AvgIpc) is 2.62. The summed E-state index contributed by atoms with van der Waals surface area (Å²) in [6.45, 7) is 1.85. The molecule has 0 bridgehead atoms. The molecule has 6 heteroatoms. The number of carbonyl (C=O) groups is 1. The molecule has 0 fully saturated rings. The summed E-state index contributed by atoms with van der Waals surface area (Å²) in [6.07, 6.45) is 0.697. The smallest absolute Gasteiger partial charge is 0.408 e. The Kier molecular flexibility index (Phi) is 4.40. The van der Waals surface area contributed by atoms with Gasteiger partial charge in [-0.05, 0) is 30.7 Å². The van der Waals surface area contributed by atoms with Crippen LogP contribution >= 0.6 is 0 Å². The Bertz CT molecular complexity index is 961. The molecular weight excluding hydrogens is 316 g/mol. The minimum Gasteiger partial charge on any atom is -0.408 e. The van der Waals surface area contributed by atoms with Crippen molar-refractivity contribution in [1.82, 2.24) is 9.97 Å². The summed E-state index contributed by atoms with van der Waals surface area (Å²) >= 11 is 0. The molecule has 0 aliphatic carbocycles. The van der Waals surface area contributed by atoms with Gasteiger partial charge in [0.05, 0.1) is 5.69 Å². The zero-order chi connectivity index (χ0) is 17.8. The molecule has 2 aromatic heterocycles. The molecule has 6 nitrogen and oxygen atoms in total. The van der Waals surface area contributed by atoms with Crippen molar-refractivity contribution in [2.24, 2.45) is 5.73 Å². The maximum atomic E-state index is 11.2. The van der Waals surface area contributed by atoms with Gasteiger partial charge in [0, 0.05) is 17.3 Å². The molecule has 0 atom stereocenters. The van der Waals surface area contributed by atoms with E-state index in [9.17, 15) is 4.79 Å². The number of hydrogen-bond donors (Lipinski definition) is 1. The van der Waals surface area contributed by atoms with Gasteiger partial charge < -0.3 is 10.5 Å². The highest BCUT2D eigenvalue weighted by Gasteiger charge is 2.15. The summed E-state index contributed by atoms with van der Waals surface area (Å²) in [5, 5.41) is 8.88. The van der Waals surface area contributed by atoms with Crippen molar-refractivity contribution in [3.63, 3.8) is 0 Å². The second-order valence-electron chi connectivity index (χ2n) is 5.33. The van der Waals surface area contributed by atoms with E-state index in [4.69, 9.17) is 15.7 Å². The van der Waals surface area contributed by atoms with Gasteiger partial charge in [-0.15, -0.1) is 0 Å². The van der Waals surface area contributed by atoms with Crippen LogP contribution in [0.15, 0.2) is 54.7 Å². The number of carbonyl (C=O) groups excluding carboxylic acids is 1. The van der Waals surface area contributed by atoms with Crippen molar-refractivity contribution in [3.8, 4) is 34.3 Å². The molecule has 3 aromatic rings. The number of primary amides is 1. The summed E-state index contributed by atoms with van der Waals surface area (Å²) in [5.41, 5.74) is 9.05. The highest BCUT2D eigenvalue weighted by atomic mass is 16.5. The Balaban J connectivity index is 2.17. The van der Waals surface area contributed by atoms with Gasteiger partial charge in [0.25, 0.3) is 0 Å². The molecule has 122 valence electrons. The first-order valence-electron chi connectivity index (χ1n) is 7.49. The number of pyridine rings is 2. The lowest BCUT2D eigenvalue weighted by molar-refractivity contribution is 0.211. The lowest BCUT2D eigenvalue weighted by Crippen LogP contribution is -2.17. The fraction of sp³-hybridized carbons (Fsp3) is 0.0526. The van der Waals surface area contributed by atoms with Gasteiger partial charge in [0.2, 0.25) is 0 Å². The van der Waals surface area contributed by atoms with E-state index in [1.807, 2.05) is 43.3 Å². The van der Waals surface area contributed by atoms with Crippen molar-refractivity contribution in [1.29, 1.82) is 5.26 Å². The van der Waals surface area contributed by atoms with E-state index in [0.29, 0.717) is 22.8 Å². The molecule has 0 saturated carbocycles. The molecule has 2 heterocycles. The minimum atomic E-state index is -0.897. The lowest BCUT2D eigenvalue weighted by Gasteiger charge is -2.13. The van der Waals surface area contributed by atoms with E-state index in [1.54, 1.807) is 24.4 Å². The van der Waals surface area contributed by atoms with E-state index >= 15 is 0 Å². The number of hydrogen-bond acceptors (Lipinski definition) is 5. The summed E-state index contributed by atoms with van der Waals surface area (Å²) < 4.78 is 5.13. The van der Waals surface area contributed by atoms with Crippen molar-refractivity contribution >= 4 is 6.09 Å².